The van der Waals surface area contributed by atoms with Crippen molar-refractivity contribution in [3.63, 3.8) is 0 Å². The topological polar surface area (TPSA) is 92.7 Å². The van der Waals surface area contributed by atoms with E-state index < -0.39 is 0 Å². The molecule has 1 unspecified atom stereocenters. The van der Waals surface area contributed by atoms with Gasteiger partial charge >= 0.3 is 0 Å². The van der Waals surface area contributed by atoms with Gasteiger partial charge in [-0.3, -0.25) is 5.10 Å². The normalized spacial score (nSPS) is 15.7. The molecule has 1 atom stereocenters. The number of fused-ring (bicyclic) bond motifs is 2. The summed E-state index contributed by atoms with van der Waals surface area (Å²) in [6.07, 6.45) is 2.09. The van der Waals surface area contributed by atoms with Crippen LogP contribution in [0, 0.1) is 18.3 Å². The Morgan fingerprint density at radius 1 is 1.23 bits per heavy atom. The van der Waals surface area contributed by atoms with Crippen molar-refractivity contribution >= 4 is 22.5 Å². The van der Waals surface area contributed by atoms with E-state index in [0.29, 0.717) is 23.0 Å². The lowest BCUT2D eigenvalue weighted by molar-refractivity contribution is 0.379. The molecule has 7 heteroatoms. The molecule has 0 fully saturated rings. The summed E-state index contributed by atoms with van der Waals surface area (Å²) in [6, 6.07) is 18.2. The van der Waals surface area contributed by atoms with Crippen molar-refractivity contribution in [2.24, 2.45) is 5.73 Å². The lowest BCUT2D eigenvalue weighted by Gasteiger charge is -2.23. The summed E-state index contributed by atoms with van der Waals surface area (Å²) >= 11 is 6.04. The molecular weight excluding hydrogens is 398 g/mol. The first-order valence-corrected chi connectivity index (χ1v) is 9.89. The van der Waals surface area contributed by atoms with Crippen LogP contribution < -0.4 is 10.5 Å². The lowest BCUT2D eigenvalue weighted by Crippen LogP contribution is -2.21. The summed E-state index contributed by atoms with van der Waals surface area (Å²) < 4.78 is 7.79. The third-order valence-corrected chi connectivity index (χ3v) is 5.78. The van der Waals surface area contributed by atoms with Gasteiger partial charge in [-0.25, -0.2) is 0 Å². The Labute approximate surface area is 178 Å². The number of H-pyrrole nitrogens is 1. The van der Waals surface area contributed by atoms with Gasteiger partial charge in [-0.05, 0) is 36.2 Å². The molecule has 1 aliphatic rings. The number of aromatic amines is 1. The quantitative estimate of drug-likeness (QED) is 0.511. The molecule has 4 aromatic rings. The minimum atomic E-state index is -0.353. The zero-order valence-corrected chi connectivity index (χ0v) is 16.9. The van der Waals surface area contributed by atoms with Crippen molar-refractivity contribution in [2.75, 3.05) is 0 Å². The minimum absolute atomic E-state index is 0.0935. The van der Waals surface area contributed by atoms with E-state index in [1.54, 1.807) is 0 Å². The van der Waals surface area contributed by atoms with E-state index in [9.17, 15) is 5.26 Å². The molecule has 0 spiro atoms. The molecule has 0 aliphatic carbocycles. The SMILES string of the molecule is Cc1[nH]nc2c1C(c1cn(Cc3ccc(Cl)cc3)c3ccccc13)C(C#N)=C(N)O2. The molecule has 0 saturated heterocycles. The number of rotatable bonds is 3. The van der Waals surface area contributed by atoms with Gasteiger partial charge in [0.15, 0.2) is 0 Å². The van der Waals surface area contributed by atoms with Gasteiger partial charge in [0, 0.05) is 39.9 Å². The van der Waals surface area contributed by atoms with Crippen LogP contribution in [0.4, 0.5) is 0 Å². The molecule has 0 bridgehead atoms. The van der Waals surface area contributed by atoms with Gasteiger partial charge in [0.05, 0.1) is 5.92 Å². The summed E-state index contributed by atoms with van der Waals surface area (Å²) in [5.41, 5.74) is 11.4. The van der Waals surface area contributed by atoms with Gasteiger partial charge in [-0.1, -0.05) is 41.9 Å². The van der Waals surface area contributed by atoms with Crippen molar-refractivity contribution in [1.82, 2.24) is 14.8 Å². The molecule has 5 rings (SSSR count). The summed E-state index contributed by atoms with van der Waals surface area (Å²) in [7, 11) is 0. The van der Waals surface area contributed by atoms with E-state index in [1.807, 2.05) is 43.3 Å². The van der Waals surface area contributed by atoms with Crippen LogP contribution in [0.5, 0.6) is 5.88 Å². The number of nitrogens with zero attached hydrogens (tertiary/aromatic N) is 3. The molecule has 0 radical (unpaired) electrons. The zero-order chi connectivity index (χ0) is 20.8. The first-order chi connectivity index (χ1) is 14.6. The second-order valence-corrected chi connectivity index (χ2v) is 7.78. The smallest absolute Gasteiger partial charge is 0.244 e. The fraction of sp³-hybridized carbons (Fsp3) is 0.130. The predicted octanol–water partition coefficient (Wildman–Crippen LogP) is 4.59. The molecule has 3 heterocycles. The Hall–Kier alpha value is -3.69. The number of benzene rings is 2. The number of para-hydroxylation sites is 1. The van der Waals surface area contributed by atoms with Gasteiger partial charge < -0.3 is 15.0 Å². The Balaban J connectivity index is 1.71. The highest BCUT2D eigenvalue weighted by Crippen LogP contribution is 2.45. The number of nitrogens with one attached hydrogen (secondary N) is 1. The average Bonchev–Trinajstić information content (AvgIpc) is 3.29. The first kappa shape index (κ1) is 18.3. The second kappa shape index (κ2) is 6.97. The average molecular weight is 416 g/mol. The minimum Gasteiger partial charge on any atom is -0.420 e. The van der Waals surface area contributed by atoms with Gasteiger partial charge in [0.1, 0.15) is 11.6 Å². The van der Waals surface area contributed by atoms with Crippen molar-refractivity contribution < 1.29 is 4.74 Å². The molecule has 2 aromatic heterocycles. The Kier molecular flexibility index (Phi) is 4.27. The summed E-state index contributed by atoms with van der Waals surface area (Å²) in [5.74, 6) is 0.161. The molecular formula is C23H18ClN5O. The number of hydrogen-bond donors (Lipinski definition) is 2. The summed E-state index contributed by atoms with van der Waals surface area (Å²) in [5, 5.41) is 18.8. The van der Waals surface area contributed by atoms with Crippen LogP contribution in [-0.2, 0) is 6.54 Å². The van der Waals surface area contributed by atoms with Gasteiger partial charge in [-0.2, -0.15) is 5.26 Å². The summed E-state index contributed by atoms with van der Waals surface area (Å²) in [4.78, 5) is 0. The predicted molar refractivity (Wildman–Crippen MR) is 115 cm³/mol. The van der Waals surface area contributed by atoms with Crippen molar-refractivity contribution in [2.45, 2.75) is 19.4 Å². The van der Waals surface area contributed by atoms with Gasteiger partial charge in [0.2, 0.25) is 11.8 Å². The van der Waals surface area contributed by atoms with Gasteiger partial charge in [-0.15, -0.1) is 5.10 Å². The van der Waals surface area contributed by atoms with E-state index >= 15 is 0 Å². The van der Waals surface area contributed by atoms with E-state index in [-0.39, 0.29) is 11.8 Å². The Morgan fingerprint density at radius 2 is 2.00 bits per heavy atom. The van der Waals surface area contributed by atoms with Crippen LogP contribution in [0.25, 0.3) is 10.9 Å². The largest absolute Gasteiger partial charge is 0.420 e. The number of ether oxygens (including phenoxy) is 1. The van der Waals surface area contributed by atoms with Crippen LogP contribution >= 0.6 is 11.6 Å². The van der Waals surface area contributed by atoms with Crippen molar-refractivity contribution in [1.29, 1.82) is 5.26 Å². The number of aryl methyl sites for hydroxylation is 1. The van der Waals surface area contributed by atoms with E-state index in [1.165, 1.54) is 0 Å². The summed E-state index contributed by atoms with van der Waals surface area (Å²) in [6.45, 7) is 2.60. The van der Waals surface area contributed by atoms with Crippen LogP contribution in [-0.4, -0.2) is 14.8 Å². The molecule has 148 valence electrons. The standard InChI is InChI=1S/C23H18ClN5O/c1-13-20-21(17(10-25)22(26)30-23(20)28-27-13)18-12-29(19-5-3-2-4-16(18)19)11-14-6-8-15(24)9-7-14/h2-9,12,21H,11,26H2,1H3,(H,27,28). The highest BCUT2D eigenvalue weighted by atomic mass is 35.5. The molecule has 6 nitrogen and oxygen atoms in total. The Bertz CT molecular complexity index is 1340. The third-order valence-electron chi connectivity index (χ3n) is 5.53. The maximum Gasteiger partial charge on any atom is 0.244 e. The lowest BCUT2D eigenvalue weighted by atomic mass is 9.84. The first-order valence-electron chi connectivity index (χ1n) is 9.51. The molecule has 3 N–H and O–H groups in total. The molecule has 2 aromatic carbocycles. The van der Waals surface area contributed by atoms with Crippen LogP contribution in [0.2, 0.25) is 5.02 Å². The maximum atomic E-state index is 9.87. The van der Waals surface area contributed by atoms with Crippen molar-refractivity contribution in [3.8, 4) is 11.9 Å². The van der Waals surface area contributed by atoms with Crippen LogP contribution in [0.1, 0.15) is 28.3 Å². The van der Waals surface area contributed by atoms with Gasteiger partial charge in [0.25, 0.3) is 0 Å². The number of allylic oxidation sites excluding steroid dienone is 1. The number of aromatic nitrogens is 3. The maximum absolute atomic E-state index is 9.87. The number of halogens is 1. The number of hydrogen-bond acceptors (Lipinski definition) is 4. The third kappa shape index (κ3) is 2.83. The van der Waals surface area contributed by atoms with E-state index in [2.05, 4.69) is 39.2 Å². The monoisotopic (exact) mass is 415 g/mol. The molecule has 0 saturated carbocycles. The molecule has 1 aliphatic heterocycles. The molecule has 0 amide bonds. The Morgan fingerprint density at radius 3 is 2.77 bits per heavy atom. The second-order valence-electron chi connectivity index (χ2n) is 7.35. The highest BCUT2D eigenvalue weighted by Gasteiger charge is 2.35. The van der Waals surface area contributed by atoms with Crippen LogP contribution in [0.15, 0.2) is 66.2 Å². The molecule has 30 heavy (non-hydrogen) atoms. The van der Waals surface area contributed by atoms with Crippen molar-refractivity contribution in [3.05, 3.63) is 93.6 Å². The number of nitriles is 1. The van der Waals surface area contributed by atoms with E-state index in [0.717, 1.165) is 33.3 Å². The fourth-order valence-corrected chi connectivity index (χ4v) is 4.26. The number of nitrogens with two attached hydrogens (primary N) is 1. The highest BCUT2D eigenvalue weighted by molar-refractivity contribution is 6.30. The van der Waals surface area contributed by atoms with E-state index in [4.69, 9.17) is 22.1 Å². The zero-order valence-electron chi connectivity index (χ0n) is 16.2. The fourth-order valence-electron chi connectivity index (χ4n) is 4.13. The van der Waals surface area contributed by atoms with Crippen LogP contribution in [0.3, 0.4) is 0 Å².